The largest absolute Gasteiger partial charge is 0.340 e. The van der Waals surface area contributed by atoms with E-state index >= 15 is 0 Å². The number of carbonyl (C=O) groups excluding carboxylic acids is 1. The van der Waals surface area contributed by atoms with Crippen LogP contribution >= 0.6 is 0 Å². The molecule has 3 fully saturated rings. The van der Waals surface area contributed by atoms with Gasteiger partial charge >= 0.3 is 0 Å². The summed E-state index contributed by atoms with van der Waals surface area (Å²) in [5.74, 6) is 0.219. The molecular weight excluding hydrogens is 128 g/mol. The molecule has 0 aromatic rings. The van der Waals surface area contributed by atoms with Gasteiger partial charge in [0.25, 0.3) is 0 Å². The molecule has 3 aliphatic heterocycles. The Morgan fingerprint density at radius 3 is 2.30 bits per heavy atom. The van der Waals surface area contributed by atoms with E-state index in [9.17, 15) is 4.79 Å². The summed E-state index contributed by atoms with van der Waals surface area (Å²) in [6.07, 6.45) is 1.27. The molecule has 1 N–H and O–H groups in total. The van der Waals surface area contributed by atoms with Crippen molar-refractivity contribution in [3.05, 3.63) is 0 Å². The fourth-order valence-electron chi connectivity index (χ4n) is 1.77. The molecule has 1 amide bonds. The number of carbonyl (C=O) groups is 1. The number of piperazine rings is 1. The molecule has 3 nitrogen and oxygen atoms in total. The van der Waals surface area contributed by atoms with Gasteiger partial charge in [0.1, 0.15) is 0 Å². The lowest BCUT2D eigenvalue weighted by molar-refractivity contribution is -0.132. The second-order valence-electron chi connectivity index (χ2n) is 3.22. The van der Waals surface area contributed by atoms with E-state index in [4.69, 9.17) is 0 Å². The maximum absolute atomic E-state index is 10.9. The lowest BCUT2D eigenvalue weighted by atomic mass is 9.91. The summed E-state index contributed by atoms with van der Waals surface area (Å²) in [7, 11) is 0. The Morgan fingerprint density at radius 1 is 1.50 bits per heavy atom. The zero-order chi connectivity index (χ0) is 7.14. The Kier molecular flexibility index (Phi) is 1.20. The molecule has 10 heavy (non-hydrogen) atoms. The number of amides is 1. The van der Waals surface area contributed by atoms with E-state index in [0.717, 1.165) is 13.1 Å². The molecule has 0 spiro atoms. The second kappa shape index (κ2) is 1.95. The summed E-state index contributed by atoms with van der Waals surface area (Å²) >= 11 is 0. The van der Waals surface area contributed by atoms with Crippen LogP contribution in [0.3, 0.4) is 0 Å². The quantitative estimate of drug-likeness (QED) is 0.495. The lowest BCUT2D eigenvalue weighted by Gasteiger charge is -2.48. The highest BCUT2D eigenvalue weighted by Gasteiger charge is 2.37. The average Bonchev–Trinajstić information content (AvgIpc) is 1.86. The minimum absolute atomic E-state index is 0.219. The van der Waals surface area contributed by atoms with Gasteiger partial charge in [-0.15, -0.1) is 0 Å². The molecule has 2 unspecified atom stereocenters. The predicted octanol–water partition coefficient (Wildman–Crippen LogP) is -0.421. The molecule has 0 saturated carbocycles. The first-order chi connectivity index (χ1) is 4.75. The Balaban J connectivity index is 1.97. The molecule has 0 aromatic carbocycles. The van der Waals surface area contributed by atoms with Crippen LogP contribution in [0.4, 0.5) is 0 Å². The first kappa shape index (κ1) is 6.16. The van der Waals surface area contributed by atoms with Gasteiger partial charge in [-0.05, 0) is 6.42 Å². The standard InChI is InChI=1S/C7H12N2O/c1-5(10)9-3-6-2-7(4-9)8-6/h6-8H,2-4H2,1H3. The molecule has 3 heterocycles. The van der Waals surface area contributed by atoms with Crippen molar-refractivity contribution in [3.8, 4) is 0 Å². The topological polar surface area (TPSA) is 32.3 Å². The minimum Gasteiger partial charge on any atom is -0.340 e. The van der Waals surface area contributed by atoms with Crippen LogP contribution < -0.4 is 5.32 Å². The summed E-state index contributed by atoms with van der Waals surface area (Å²) in [6, 6.07) is 1.20. The summed E-state index contributed by atoms with van der Waals surface area (Å²) in [5.41, 5.74) is 0. The maximum atomic E-state index is 10.9. The van der Waals surface area contributed by atoms with E-state index in [2.05, 4.69) is 5.32 Å². The average molecular weight is 140 g/mol. The zero-order valence-electron chi connectivity index (χ0n) is 6.13. The second-order valence-corrected chi connectivity index (χ2v) is 3.22. The molecule has 0 aromatic heterocycles. The van der Waals surface area contributed by atoms with E-state index in [1.807, 2.05) is 4.90 Å². The fraction of sp³-hybridized carbons (Fsp3) is 0.857. The van der Waals surface area contributed by atoms with Crippen molar-refractivity contribution in [2.75, 3.05) is 13.1 Å². The van der Waals surface area contributed by atoms with Crippen LogP contribution in [0.2, 0.25) is 0 Å². The summed E-state index contributed by atoms with van der Waals surface area (Å²) in [4.78, 5) is 12.8. The zero-order valence-corrected chi connectivity index (χ0v) is 6.13. The number of fused-ring (bicyclic) bond motifs is 2. The number of rotatable bonds is 0. The third kappa shape index (κ3) is 0.814. The lowest BCUT2D eigenvalue weighted by Crippen LogP contribution is -2.67. The first-order valence-corrected chi connectivity index (χ1v) is 3.77. The van der Waals surface area contributed by atoms with Gasteiger partial charge in [-0.25, -0.2) is 0 Å². The van der Waals surface area contributed by atoms with E-state index in [1.165, 1.54) is 6.42 Å². The smallest absolute Gasteiger partial charge is 0.219 e. The highest BCUT2D eigenvalue weighted by molar-refractivity contribution is 5.73. The first-order valence-electron chi connectivity index (χ1n) is 3.77. The van der Waals surface area contributed by atoms with Gasteiger partial charge in [-0.3, -0.25) is 4.79 Å². The Labute approximate surface area is 60.4 Å². The Morgan fingerprint density at radius 2 is 2.00 bits per heavy atom. The minimum atomic E-state index is 0.219. The molecular formula is C7H12N2O. The van der Waals surface area contributed by atoms with Gasteiger partial charge in [0, 0.05) is 32.1 Å². The molecule has 0 radical (unpaired) electrons. The molecule has 56 valence electrons. The summed E-state index contributed by atoms with van der Waals surface area (Å²) in [5, 5.41) is 3.37. The number of nitrogens with zero attached hydrogens (tertiary/aromatic N) is 1. The molecule has 0 aliphatic carbocycles. The summed E-state index contributed by atoms with van der Waals surface area (Å²) < 4.78 is 0. The van der Waals surface area contributed by atoms with Gasteiger partial charge in [-0.1, -0.05) is 0 Å². The normalized spacial score (nSPS) is 37.1. The predicted molar refractivity (Wildman–Crippen MR) is 37.6 cm³/mol. The van der Waals surface area contributed by atoms with E-state index in [0.29, 0.717) is 12.1 Å². The van der Waals surface area contributed by atoms with Gasteiger partial charge < -0.3 is 10.2 Å². The van der Waals surface area contributed by atoms with Crippen molar-refractivity contribution >= 4 is 5.91 Å². The summed E-state index contributed by atoms with van der Waals surface area (Å²) in [6.45, 7) is 3.49. The highest BCUT2D eigenvalue weighted by atomic mass is 16.2. The number of hydrogen-bond donors (Lipinski definition) is 1. The molecule has 3 rings (SSSR count). The Hall–Kier alpha value is -0.570. The molecule has 3 heteroatoms. The highest BCUT2D eigenvalue weighted by Crippen LogP contribution is 2.20. The van der Waals surface area contributed by atoms with Crippen molar-refractivity contribution < 1.29 is 4.79 Å². The van der Waals surface area contributed by atoms with Crippen LogP contribution in [0.25, 0.3) is 0 Å². The fourth-order valence-corrected chi connectivity index (χ4v) is 1.77. The maximum Gasteiger partial charge on any atom is 0.219 e. The molecule has 3 saturated heterocycles. The van der Waals surface area contributed by atoms with Gasteiger partial charge in [0.05, 0.1) is 0 Å². The van der Waals surface area contributed by atoms with Crippen molar-refractivity contribution in [2.45, 2.75) is 25.4 Å². The number of piperidine rings is 1. The van der Waals surface area contributed by atoms with E-state index in [-0.39, 0.29) is 5.91 Å². The van der Waals surface area contributed by atoms with Gasteiger partial charge in [-0.2, -0.15) is 0 Å². The van der Waals surface area contributed by atoms with E-state index in [1.54, 1.807) is 6.92 Å². The van der Waals surface area contributed by atoms with Gasteiger partial charge in [0.2, 0.25) is 5.91 Å². The van der Waals surface area contributed by atoms with Crippen LogP contribution in [-0.2, 0) is 4.79 Å². The van der Waals surface area contributed by atoms with Crippen molar-refractivity contribution in [2.24, 2.45) is 0 Å². The van der Waals surface area contributed by atoms with Crippen LogP contribution in [0.15, 0.2) is 0 Å². The van der Waals surface area contributed by atoms with Crippen LogP contribution in [-0.4, -0.2) is 36.0 Å². The third-order valence-corrected chi connectivity index (χ3v) is 2.37. The monoisotopic (exact) mass is 140 g/mol. The molecule has 2 atom stereocenters. The molecule has 3 aliphatic rings. The SMILES string of the molecule is CC(=O)N1CC2CC(C1)N2. The van der Waals surface area contributed by atoms with E-state index < -0.39 is 0 Å². The molecule has 2 bridgehead atoms. The number of nitrogens with one attached hydrogen (secondary N) is 1. The van der Waals surface area contributed by atoms with Crippen molar-refractivity contribution in [1.29, 1.82) is 0 Å². The van der Waals surface area contributed by atoms with Crippen LogP contribution in [0.1, 0.15) is 13.3 Å². The van der Waals surface area contributed by atoms with Crippen molar-refractivity contribution in [1.82, 2.24) is 10.2 Å². The van der Waals surface area contributed by atoms with Crippen LogP contribution in [0.5, 0.6) is 0 Å². The van der Waals surface area contributed by atoms with Crippen LogP contribution in [0, 0.1) is 0 Å². The number of hydrogen-bond acceptors (Lipinski definition) is 2. The van der Waals surface area contributed by atoms with Gasteiger partial charge in [0.15, 0.2) is 0 Å². The Bertz CT molecular complexity index is 153. The van der Waals surface area contributed by atoms with Crippen molar-refractivity contribution in [3.63, 3.8) is 0 Å². The third-order valence-electron chi connectivity index (χ3n) is 2.37.